The number of nitrogens with zero attached hydrogens (tertiary/aromatic N) is 1. The van der Waals surface area contributed by atoms with Crippen molar-refractivity contribution in [3.05, 3.63) is 23.8 Å². The minimum absolute atomic E-state index is 0. The van der Waals surface area contributed by atoms with E-state index >= 15 is 0 Å². The molecule has 1 aromatic rings. The van der Waals surface area contributed by atoms with Gasteiger partial charge in [-0.05, 0) is 26.3 Å². The Hall–Kier alpha value is -1.32. The highest BCUT2D eigenvalue weighted by Crippen LogP contribution is 2.33. The first-order valence-corrected chi connectivity index (χ1v) is 7.83. The predicted molar refractivity (Wildman–Crippen MR) is 103 cm³/mol. The Morgan fingerprint density at radius 3 is 2.54 bits per heavy atom. The molecule has 1 rings (SSSR count). The molecule has 8 heteroatoms. The number of guanidine groups is 1. The minimum atomic E-state index is -2.91. The van der Waals surface area contributed by atoms with E-state index in [1.54, 1.807) is 25.1 Å². The molecule has 0 unspecified atom stereocenters. The van der Waals surface area contributed by atoms with Gasteiger partial charge in [0.1, 0.15) is 0 Å². The molecule has 0 aliphatic heterocycles. The SMILES string of the molecule is CCCNC(=NCc1cccc(OCC)c1OC(F)F)NCC.I. The van der Waals surface area contributed by atoms with Crippen molar-refractivity contribution in [1.82, 2.24) is 10.6 Å². The lowest BCUT2D eigenvalue weighted by atomic mass is 10.2. The number of para-hydroxylation sites is 1. The number of hydrogen-bond donors (Lipinski definition) is 2. The van der Waals surface area contributed by atoms with E-state index in [0.29, 0.717) is 23.9 Å². The molecule has 0 saturated carbocycles. The lowest BCUT2D eigenvalue weighted by Crippen LogP contribution is -2.37. The van der Waals surface area contributed by atoms with Gasteiger partial charge >= 0.3 is 6.61 Å². The van der Waals surface area contributed by atoms with Gasteiger partial charge in [0.05, 0.1) is 13.2 Å². The van der Waals surface area contributed by atoms with Crippen molar-refractivity contribution in [3.8, 4) is 11.5 Å². The summed E-state index contributed by atoms with van der Waals surface area (Å²) in [5, 5.41) is 6.27. The molecule has 0 radical (unpaired) electrons. The van der Waals surface area contributed by atoms with Gasteiger partial charge in [-0.2, -0.15) is 8.78 Å². The number of benzene rings is 1. The van der Waals surface area contributed by atoms with Crippen LogP contribution in [0.3, 0.4) is 0 Å². The van der Waals surface area contributed by atoms with Gasteiger partial charge < -0.3 is 20.1 Å². The molecular weight excluding hydrogens is 431 g/mol. The summed E-state index contributed by atoms with van der Waals surface area (Å²) in [4.78, 5) is 4.40. The van der Waals surface area contributed by atoms with E-state index in [2.05, 4.69) is 27.3 Å². The third kappa shape index (κ3) is 7.98. The molecule has 0 saturated heterocycles. The van der Waals surface area contributed by atoms with Crippen LogP contribution in [0.15, 0.2) is 23.2 Å². The Morgan fingerprint density at radius 2 is 1.96 bits per heavy atom. The van der Waals surface area contributed by atoms with Crippen LogP contribution in [-0.2, 0) is 6.54 Å². The summed E-state index contributed by atoms with van der Waals surface area (Å²) in [7, 11) is 0. The Bertz CT molecular complexity index is 502. The molecular formula is C16H26F2IN3O2. The largest absolute Gasteiger partial charge is 0.490 e. The van der Waals surface area contributed by atoms with Crippen LogP contribution in [0.4, 0.5) is 8.78 Å². The van der Waals surface area contributed by atoms with Gasteiger partial charge in [-0.15, -0.1) is 24.0 Å². The average molecular weight is 457 g/mol. The minimum Gasteiger partial charge on any atom is -0.490 e. The first-order valence-electron chi connectivity index (χ1n) is 7.83. The zero-order valence-electron chi connectivity index (χ0n) is 14.3. The molecule has 2 N–H and O–H groups in total. The number of nitrogens with one attached hydrogen (secondary N) is 2. The van der Waals surface area contributed by atoms with Crippen molar-refractivity contribution in [2.24, 2.45) is 4.99 Å². The average Bonchev–Trinajstić information content (AvgIpc) is 2.52. The fraction of sp³-hybridized carbons (Fsp3) is 0.562. The van der Waals surface area contributed by atoms with Gasteiger partial charge in [-0.1, -0.05) is 19.1 Å². The van der Waals surface area contributed by atoms with E-state index in [4.69, 9.17) is 4.74 Å². The van der Waals surface area contributed by atoms with E-state index in [1.165, 1.54) is 0 Å². The number of rotatable bonds is 9. The van der Waals surface area contributed by atoms with E-state index < -0.39 is 6.61 Å². The number of halogens is 3. The fourth-order valence-corrected chi connectivity index (χ4v) is 1.93. The van der Waals surface area contributed by atoms with Crippen LogP contribution in [0.25, 0.3) is 0 Å². The molecule has 0 aromatic heterocycles. The van der Waals surface area contributed by atoms with E-state index in [1.807, 2.05) is 6.92 Å². The monoisotopic (exact) mass is 457 g/mol. The standard InChI is InChI=1S/C16H25F2N3O2.HI/c1-4-10-20-16(19-5-2)21-11-12-8-7-9-13(22-6-3)14(12)23-15(17)18;/h7-9,15H,4-6,10-11H2,1-3H3,(H2,19,20,21);1H. The summed E-state index contributed by atoms with van der Waals surface area (Å²) in [6, 6.07) is 5.04. The maximum atomic E-state index is 12.7. The second kappa shape index (κ2) is 13.0. The van der Waals surface area contributed by atoms with Crippen LogP contribution >= 0.6 is 24.0 Å². The fourth-order valence-electron chi connectivity index (χ4n) is 1.93. The maximum absolute atomic E-state index is 12.7. The molecule has 0 aliphatic carbocycles. The first-order chi connectivity index (χ1) is 11.1. The van der Waals surface area contributed by atoms with Crippen molar-refractivity contribution in [2.45, 2.75) is 40.3 Å². The lowest BCUT2D eigenvalue weighted by molar-refractivity contribution is -0.0520. The summed E-state index contributed by atoms with van der Waals surface area (Å²) in [5.74, 6) is 0.977. The molecule has 0 amide bonds. The smallest absolute Gasteiger partial charge is 0.387 e. The van der Waals surface area contributed by atoms with Gasteiger partial charge in [0.2, 0.25) is 0 Å². The van der Waals surface area contributed by atoms with Gasteiger partial charge in [0.15, 0.2) is 17.5 Å². The Morgan fingerprint density at radius 1 is 1.21 bits per heavy atom. The molecule has 5 nitrogen and oxygen atoms in total. The zero-order chi connectivity index (χ0) is 17.1. The molecule has 0 aliphatic rings. The maximum Gasteiger partial charge on any atom is 0.387 e. The van der Waals surface area contributed by atoms with Gasteiger partial charge in [0, 0.05) is 18.7 Å². The summed E-state index contributed by atoms with van der Waals surface area (Å²) in [6.45, 7) is 4.97. The van der Waals surface area contributed by atoms with Crippen molar-refractivity contribution in [3.63, 3.8) is 0 Å². The van der Waals surface area contributed by atoms with Crippen LogP contribution in [0, 0.1) is 0 Å². The quantitative estimate of drug-likeness (QED) is 0.337. The Labute approximate surface area is 159 Å². The first kappa shape index (κ1) is 22.7. The number of hydrogen-bond acceptors (Lipinski definition) is 3. The highest BCUT2D eigenvalue weighted by Gasteiger charge is 2.15. The molecule has 24 heavy (non-hydrogen) atoms. The van der Waals surface area contributed by atoms with E-state index in [0.717, 1.165) is 19.5 Å². The molecule has 0 heterocycles. The topological polar surface area (TPSA) is 54.9 Å². The van der Waals surface area contributed by atoms with Crippen LogP contribution in [-0.4, -0.2) is 32.3 Å². The summed E-state index contributed by atoms with van der Waals surface area (Å²) in [6.07, 6.45) is 0.962. The number of aliphatic imine (C=N–C) groups is 1. The molecule has 138 valence electrons. The Balaban J connectivity index is 0.00000529. The summed E-state index contributed by atoms with van der Waals surface area (Å²) in [5.41, 5.74) is 0.546. The van der Waals surface area contributed by atoms with Crippen LogP contribution in [0.1, 0.15) is 32.8 Å². The van der Waals surface area contributed by atoms with Crippen molar-refractivity contribution in [1.29, 1.82) is 0 Å². The molecule has 0 atom stereocenters. The Kier molecular flexibility index (Phi) is 12.3. The van der Waals surface area contributed by atoms with Crippen molar-refractivity contribution in [2.75, 3.05) is 19.7 Å². The van der Waals surface area contributed by atoms with Gasteiger partial charge in [-0.3, -0.25) is 0 Å². The second-order valence-corrected chi connectivity index (χ2v) is 4.68. The molecule has 0 bridgehead atoms. The lowest BCUT2D eigenvalue weighted by Gasteiger charge is -2.15. The summed E-state index contributed by atoms with van der Waals surface area (Å²) >= 11 is 0. The molecule has 0 spiro atoms. The van der Waals surface area contributed by atoms with Crippen molar-refractivity contribution < 1.29 is 18.3 Å². The van der Waals surface area contributed by atoms with Crippen LogP contribution in [0.2, 0.25) is 0 Å². The highest BCUT2D eigenvalue weighted by atomic mass is 127. The molecule has 0 fully saturated rings. The molecule has 1 aromatic carbocycles. The number of ether oxygens (including phenoxy) is 2. The van der Waals surface area contributed by atoms with Crippen molar-refractivity contribution >= 4 is 29.9 Å². The highest BCUT2D eigenvalue weighted by molar-refractivity contribution is 14.0. The summed E-state index contributed by atoms with van der Waals surface area (Å²) < 4.78 is 35.3. The second-order valence-electron chi connectivity index (χ2n) is 4.68. The normalized spacial score (nSPS) is 11.0. The third-order valence-electron chi connectivity index (χ3n) is 2.86. The van der Waals surface area contributed by atoms with Crippen LogP contribution < -0.4 is 20.1 Å². The zero-order valence-corrected chi connectivity index (χ0v) is 16.6. The van der Waals surface area contributed by atoms with Gasteiger partial charge in [-0.25, -0.2) is 4.99 Å². The number of alkyl halides is 2. The van der Waals surface area contributed by atoms with E-state index in [-0.39, 0.29) is 36.3 Å². The van der Waals surface area contributed by atoms with Gasteiger partial charge in [0.25, 0.3) is 0 Å². The third-order valence-corrected chi connectivity index (χ3v) is 2.86. The predicted octanol–water partition coefficient (Wildman–Crippen LogP) is 3.77. The van der Waals surface area contributed by atoms with E-state index in [9.17, 15) is 8.78 Å². The van der Waals surface area contributed by atoms with Crippen LogP contribution in [0.5, 0.6) is 11.5 Å².